The maximum absolute atomic E-state index is 8.66. The Balaban J connectivity index is 2.66. The highest BCUT2D eigenvalue weighted by molar-refractivity contribution is 5.36. The van der Waals surface area contributed by atoms with Crippen molar-refractivity contribution in [2.24, 2.45) is 5.92 Å². The standard InChI is InChI=1S/C10H14N4/c1-8(6-11)7-14(3)10-5-4-9(2)12-13-10/h4-5,8H,7H2,1-3H3. The van der Waals surface area contributed by atoms with Crippen molar-refractivity contribution in [3.05, 3.63) is 17.8 Å². The lowest BCUT2D eigenvalue weighted by atomic mass is 10.2. The van der Waals surface area contributed by atoms with Crippen LogP contribution in [0.2, 0.25) is 0 Å². The number of nitriles is 1. The average molecular weight is 190 g/mol. The van der Waals surface area contributed by atoms with Crippen LogP contribution >= 0.6 is 0 Å². The molecule has 74 valence electrons. The lowest BCUT2D eigenvalue weighted by molar-refractivity contribution is 0.704. The van der Waals surface area contributed by atoms with Gasteiger partial charge in [0.25, 0.3) is 0 Å². The molecular formula is C10H14N4. The summed E-state index contributed by atoms with van der Waals surface area (Å²) in [6.45, 7) is 4.46. The van der Waals surface area contributed by atoms with Gasteiger partial charge in [0.15, 0.2) is 5.82 Å². The van der Waals surface area contributed by atoms with E-state index in [0.717, 1.165) is 11.5 Å². The summed E-state index contributed by atoms with van der Waals surface area (Å²) in [6.07, 6.45) is 0. The van der Waals surface area contributed by atoms with Crippen molar-refractivity contribution in [1.29, 1.82) is 5.26 Å². The monoisotopic (exact) mass is 190 g/mol. The van der Waals surface area contributed by atoms with Crippen LogP contribution in [0, 0.1) is 24.2 Å². The highest BCUT2D eigenvalue weighted by Crippen LogP contribution is 2.08. The third-order valence-corrected chi connectivity index (χ3v) is 1.94. The zero-order valence-electron chi connectivity index (χ0n) is 8.73. The smallest absolute Gasteiger partial charge is 0.151 e. The van der Waals surface area contributed by atoms with Crippen molar-refractivity contribution in [2.75, 3.05) is 18.5 Å². The van der Waals surface area contributed by atoms with Gasteiger partial charge in [0.1, 0.15) is 0 Å². The van der Waals surface area contributed by atoms with Gasteiger partial charge < -0.3 is 4.90 Å². The maximum atomic E-state index is 8.66. The Morgan fingerprint density at radius 1 is 1.50 bits per heavy atom. The summed E-state index contributed by atoms with van der Waals surface area (Å²) in [5, 5.41) is 16.7. The van der Waals surface area contributed by atoms with Crippen molar-refractivity contribution < 1.29 is 0 Å². The Labute approximate surface area is 84.2 Å². The first-order chi connectivity index (χ1) is 6.63. The zero-order chi connectivity index (χ0) is 10.6. The van der Waals surface area contributed by atoms with E-state index in [1.165, 1.54) is 0 Å². The molecule has 0 aliphatic heterocycles. The first-order valence-electron chi connectivity index (χ1n) is 4.54. The third-order valence-electron chi connectivity index (χ3n) is 1.94. The Kier molecular flexibility index (Phi) is 3.41. The van der Waals surface area contributed by atoms with Crippen LogP contribution in [0.15, 0.2) is 12.1 Å². The van der Waals surface area contributed by atoms with Gasteiger partial charge in [-0.1, -0.05) is 0 Å². The number of rotatable bonds is 3. The zero-order valence-corrected chi connectivity index (χ0v) is 8.73. The van der Waals surface area contributed by atoms with Gasteiger partial charge in [0.2, 0.25) is 0 Å². The quantitative estimate of drug-likeness (QED) is 0.722. The van der Waals surface area contributed by atoms with Crippen molar-refractivity contribution >= 4 is 5.82 Å². The summed E-state index contributed by atoms with van der Waals surface area (Å²) < 4.78 is 0. The first-order valence-corrected chi connectivity index (χ1v) is 4.54. The molecule has 1 atom stereocenters. The second kappa shape index (κ2) is 4.56. The molecule has 1 rings (SSSR count). The second-order valence-corrected chi connectivity index (χ2v) is 3.44. The van der Waals surface area contributed by atoms with E-state index in [1.54, 1.807) is 0 Å². The third kappa shape index (κ3) is 2.70. The lowest BCUT2D eigenvalue weighted by Gasteiger charge is -2.18. The molecule has 4 nitrogen and oxygen atoms in total. The molecule has 0 aliphatic rings. The van der Waals surface area contributed by atoms with E-state index < -0.39 is 0 Å². The van der Waals surface area contributed by atoms with Gasteiger partial charge in [-0.2, -0.15) is 10.4 Å². The van der Waals surface area contributed by atoms with Crippen molar-refractivity contribution in [2.45, 2.75) is 13.8 Å². The number of aromatic nitrogens is 2. The highest BCUT2D eigenvalue weighted by Gasteiger charge is 2.07. The van der Waals surface area contributed by atoms with Crippen LogP contribution in [-0.4, -0.2) is 23.8 Å². The van der Waals surface area contributed by atoms with Gasteiger partial charge in [0.05, 0.1) is 17.7 Å². The maximum Gasteiger partial charge on any atom is 0.151 e. The molecule has 1 heterocycles. The fraction of sp³-hybridized carbons (Fsp3) is 0.500. The molecule has 0 fully saturated rings. The van der Waals surface area contributed by atoms with E-state index in [2.05, 4.69) is 16.3 Å². The van der Waals surface area contributed by atoms with E-state index in [9.17, 15) is 0 Å². The van der Waals surface area contributed by atoms with Gasteiger partial charge in [-0.05, 0) is 26.0 Å². The number of aryl methyl sites for hydroxylation is 1. The summed E-state index contributed by atoms with van der Waals surface area (Å²) in [5.74, 6) is 0.806. The van der Waals surface area contributed by atoms with Crippen molar-refractivity contribution in [3.63, 3.8) is 0 Å². The molecular weight excluding hydrogens is 176 g/mol. The van der Waals surface area contributed by atoms with E-state index >= 15 is 0 Å². The fourth-order valence-corrected chi connectivity index (χ4v) is 1.14. The molecule has 0 saturated heterocycles. The summed E-state index contributed by atoms with van der Waals surface area (Å²) in [7, 11) is 1.91. The molecule has 0 bridgehead atoms. The van der Waals surface area contributed by atoms with Crippen LogP contribution in [0.4, 0.5) is 5.82 Å². The Morgan fingerprint density at radius 2 is 2.21 bits per heavy atom. The Bertz CT molecular complexity index is 325. The molecule has 14 heavy (non-hydrogen) atoms. The summed E-state index contributed by atoms with van der Waals surface area (Å²) >= 11 is 0. The Morgan fingerprint density at radius 3 is 2.71 bits per heavy atom. The minimum absolute atomic E-state index is 0.00287. The number of anilines is 1. The summed E-state index contributed by atoms with van der Waals surface area (Å²) in [5.41, 5.74) is 0.899. The van der Waals surface area contributed by atoms with Gasteiger partial charge in [-0.25, -0.2) is 0 Å². The van der Waals surface area contributed by atoms with Gasteiger partial charge >= 0.3 is 0 Å². The molecule has 1 aromatic rings. The van der Waals surface area contributed by atoms with E-state index in [4.69, 9.17) is 5.26 Å². The summed E-state index contributed by atoms with van der Waals surface area (Å²) in [4.78, 5) is 1.93. The van der Waals surface area contributed by atoms with Crippen LogP contribution in [0.25, 0.3) is 0 Å². The highest BCUT2D eigenvalue weighted by atomic mass is 15.2. The number of hydrogen-bond donors (Lipinski definition) is 0. The van der Waals surface area contributed by atoms with Crippen LogP contribution in [0.5, 0.6) is 0 Å². The van der Waals surface area contributed by atoms with Crippen LogP contribution in [0.1, 0.15) is 12.6 Å². The molecule has 0 spiro atoms. The molecule has 1 unspecified atom stereocenters. The Hall–Kier alpha value is -1.63. The molecule has 4 heteroatoms. The van der Waals surface area contributed by atoms with E-state index in [-0.39, 0.29) is 5.92 Å². The second-order valence-electron chi connectivity index (χ2n) is 3.44. The molecule has 0 aromatic carbocycles. The van der Waals surface area contributed by atoms with Crippen LogP contribution in [-0.2, 0) is 0 Å². The minimum Gasteiger partial charge on any atom is -0.357 e. The van der Waals surface area contributed by atoms with Crippen molar-refractivity contribution in [1.82, 2.24) is 10.2 Å². The van der Waals surface area contributed by atoms with Crippen LogP contribution < -0.4 is 4.90 Å². The van der Waals surface area contributed by atoms with Gasteiger partial charge in [-0.15, -0.1) is 5.10 Å². The molecule has 0 N–H and O–H groups in total. The van der Waals surface area contributed by atoms with Crippen molar-refractivity contribution in [3.8, 4) is 6.07 Å². The van der Waals surface area contributed by atoms with Gasteiger partial charge in [-0.3, -0.25) is 0 Å². The first kappa shape index (κ1) is 10.5. The topological polar surface area (TPSA) is 52.8 Å². The molecule has 0 aliphatic carbocycles. The van der Waals surface area contributed by atoms with E-state index in [0.29, 0.717) is 6.54 Å². The average Bonchev–Trinajstić information content (AvgIpc) is 2.18. The number of nitrogens with zero attached hydrogens (tertiary/aromatic N) is 4. The minimum atomic E-state index is 0.00287. The SMILES string of the molecule is Cc1ccc(N(C)CC(C)C#N)nn1. The lowest BCUT2D eigenvalue weighted by Crippen LogP contribution is -2.24. The molecule has 0 saturated carbocycles. The van der Waals surface area contributed by atoms with Gasteiger partial charge in [0, 0.05) is 13.6 Å². The molecule has 0 radical (unpaired) electrons. The van der Waals surface area contributed by atoms with Crippen LogP contribution in [0.3, 0.4) is 0 Å². The predicted octanol–water partition coefficient (Wildman–Crippen LogP) is 1.38. The number of hydrogen-bond acceptors (Lipinski definition) is 4. The van der Waals surface area contributed by atoms with E-state index in [1.807, 2.05) is 37.9 Å². The predicted molar refractivity (Wildman–Crippen MR) is 54.8 cm³/mol. The normalized spacial score (nSPS) is 11.9. The summed E-state index contributed by atoms with van der Waals surface area (Å²) in [6, 6.07) is 6.01. The molecule has 1 aromatic heterocycles. The largest absolute Gasteiger partial charge is 0.357 e. The fourth-order valence-electron chi connectivity index (χ4n) is 1.14. The molecule has 0 amide bonds.